The molecule has 2 aromatic rings. The molecule has 0 aromatic carbocycles. The predicted octanol–water partition coefficient (Wildman–Crippen LogP) is 3.30. The van der Waals surface area contributed by atoms with Crippen LogP contribution in [0.5, 0.6) is 0 Å². The third-order valence-electron chi connectivity index (χ3n) is 1.95. The molecule has 0 spiro atoms. The number of hydrogen-bond acceptors (Lipinski definition) is 4. The van der Waals surface area contributed by atoms with E-state index in [1.54, 1.807) is 22.7 Å². The van der Waals surface area contributed by atoms with Crippen molar-refractivity contribution < 1.29 is 0 Å². The average Bonchev–Trinajstić information content (AvgIpc) is 2.84. The first-order chi connectivity index (χ1) is 7.34. The maximum absolute atomic E-state index is 4.24. The molecule has 80 valence electrons. The Balaban J connectivity index is 1.67. The number of nitrogens with zero attached hydrogens (tertiary/aromatic N) is 1. The van der Waals surface area contributed by atoms with E-state index in [1.165, 1.54) is 14.4 Å². The van der Waals surface area contributed by atoms with Crippen LogP contribution in [0, 0.1) is 0 Å². The van der Waals surface area contributed by atoms with E-state index >= 15 is 0 Å². The van der Waals surface area contributed by atoms with Crippen LogP contribution in [0.1, 0.15) is 10.6 Å². The molecule has 2 rings (SSSR count). The van der Waals surface area contributed by atoms with Crippen LogP contribution in [0.25, 0.3) is 0 Å². The molecule has 0 bridgehead atoms. The highest BCUT2D eigenvalue weighted by Crippen LogP contribution is 2.20. The second-order valence-electron chi connectivity index (χ2n) is 3.11. The van der Waals surface area contributed by atoms with Gasteiger partial charge in [0.15, 0.2) is 0 Å². The first kappa shape index (κ1) is 11.3. The van der Waals surface area contributed by atoms with Crippen molar-refractivity contribution >= 4 is 38.6 Å². The molecule has 0 fully saturated rings. The molecule has 0 saturated heterocycles. The Bertz CT molecular complexity index is 397. The predicted molar refractivity (Wildman–Crippen MR) is 69.5 cm³/mol. The molecule has 0 aliphatic heterocycles. The van der Waals surface area contributed by atoms with Crippen molar-refractivity contribution in [1.29, 1.82) is 0 Å². The van der Waals surface area contributed by atoms with Gasteiger partial charge in [0.25, 0.3) is 0 Å². The molecular weight excluding hydrogens is 292 g/mol. The lowest BCUT2D eigenvalue weighted by Crippen LogP contribution is -2.16. The molecule has 15 heavy (non-hydrogen) atoms. The topological polar surface area (TPSA) is 24.9 Å². The molecule has 0 unspecified atom stereocenters. The Kier molecular flexibility index (Phi) is 4.31. The largest absolute Gasteiger partial charge is 0.312 e. The SMILES string of the molecule is Brc1cc(CNCCc2nccs2)cs1. The zero-order valence-corrected chi connectivity index (χ0v) is 11.3. The monoisotopic (exact) mass is 302 g/mol. The Labute approximate surface area is 106 Å². The van der Waals surface area contributed by atoms with Crippen LogP contribution >= 0.6 is 38.6 Å². The van der Waals surface area contributed by atoms with Gasteiger partial charge in [-0.15, -0.1) is 22.7 Å². The fourth-order valence-corrected chi connectivity index (χ4v) is 3.07. The van der Waals surface area contributed by atoms with Gasteiger partial charge in [0.1, 0.15) is 0 Å². The molecule has 0 atom stereocenters. The summed E-state index contributed by atoms with van der Waals surface area (Å²) in [5.74, 6) is 0. The highest BCUT2D eigenvalue weighted by molar-refractivity contribution is 9.11. The van der Waals surface area contributed by atoms with Gasteiger partial charge in [0.05, 0.1) is 8.79 Å². The molecule has 1 N–H and O–H groups in total. The zero-order chi connectivity index (χ0) is 10.5. The van der Waals surface area contributed by atoms with Crippen molar-refractivity contribution in [3.8, 4) is 0 Å². The molecule has 0 aliphatic carbocycles. The maximum Gasteiger partial charge on any atom is 0.0937 e. The minimum Gasteiger partial charge on any atom is -0.312 e. The number of thiophene rings is 1. The molecule has 0 radical (unpaired) electrons. The van der Waals surface area contributed by atoms with Crippen LogP contribution in [0.4, 0.5) is 0 Å². The van der Waals surface area contributed by atoms with Crippen LogP contribution in [0.2, 0.25) is 0 Å². The smallest absolute Gasteiger partial charge is 0.0937 e. The number of nitrogens with one attached hydrogen (secondary N) is 1. The summed E-state index contributed by atoms with van der Waals surface area (Å²) in [6.07, 6.45) is 2.87. The summed E-state index contributed by atoms with van der Waals surface area (Å²) in [6.45, 7) is 1.93. The molecule has 0 aliphatic rings. The van der Waals surface area contributed by atoms with Gasteiger partial charge in [-0.25, -0.2) is 4.98 Å². The van der Waals surface area contributed by atoms with Crippen molar-refractivity contribution in [2.75, 3.05) is 6.54 Å². The Hall–Kier alpha value is -0.230. The molecular formula is C10H11BrN2S2. The van der Waals surface area contributed by atoms with Crippen LogP contribution in [0.3, 0.4) is 0 Å². The van der Waals surface area contributed by atoms with Crippen molar-refractivity contribution in [2.45, 2.75) is 13.0 Å². The van der Waals surface area contributed by atoms with Gasteiger partial charge in [-0.2, -0.15) is 0 Å². The second kappa shape index (κ2) is 5.75. The van der Waals surface area contributed by atoms with Gasteiger partial charge in [0, 0.05) is 31.1 Å². The van der Waals surface area contributed by atoms with Crippen molar-refractivity contribution in [1.82, 2.24) is 10.3 Å². The third-order valence-corrected chi connectivity index (χ3v) is 4.34. The van der Waals surface area contributed by atoms with Crippen molar-refractivity contribution in [3.63, 3.8) is 0 Å². The Morgan fingerprint density at radius 2 is 2.33 bits per heavy atom. The minimum atomic E-state index is 0.938. The Morgan fingerprint density at radius 3 is 3.00 bits per heavy atom. The fourth-order valence-electron chi connectivity index (χ4n) is 1.24. The van der Waals surface area contributed by atoms with Gasteiger partial charge in [-0.05, 0) is 32.9 Å². The summed E-state index contributed by atoms with van der Waals surface area (Å²) in [5.41, 5.74) is 1.34. The van der Waals surface area contributed by atoms with E-state index in [9.17, 15) is 0 Å². The van der Waals surface area contributed by atoms with E-state index in [2.05, 4.69) is 37.7 Å². The molecule has 5 heteroatoms. The summed E-state index contributed by atoms with van der Waals surface area (Å²) >= 11 is 6.90. The normalized spacial score (nSPS) is 10.7. The van der Waals surface area contributed by atoms with E-state index in [0.717, 1.165) is 19.5 Å². The summed E-state index contributed by atoms with van der Waals surface area (Å²) in [7, 11) is 0. The van der Waals surface area contributed by atoms with Crippen molar-refractivity contribution in [3.05, 3.63) is 37.4 Å². The lowest BCUT2D eigenvalue weighted by Gasteiger charge is -2.00. The van der Waals surface area contributed by atoms with Crippen LogP contribution in [-0.4, -0.2) is 11.5 Å². The lowest BCUT2D eigenvalue weighted by molar-refractivity contribution is 0.686. The summed E-state index contributed by atoms with van der Waals surface area (Å²) < 4.78 is 1.19. The standard InChI is InChI=1S/C10H11BrN2S2/c11-9-5-8(7-15-9)6-12-2-1-10-13-3-4-14-10/h3-5,7,12H,1-2,6H2. The van der Waals surface area contributed by atoms with E-state index in [4.69, 9.17) is 0 Å². The van der Waals surface area contributed by atoms with Gasteiger partial charge in [0.2, 0.25) is 0 Å². The van der Waals surface area contributed by atoms with Crippen LogP contribution < -0.4 is 5.32 Å². The van der Waals surface area contributed by atoms with E-state index in [0.29, 0.717) is 0 Å². The first-order valence-corrected chi connectivity index (χ1v) is 7.22. The molecule has 0 amide bonds. The summed E-state index contributed by atoms with van der Waals surface area (Å²) in [6, 6.07) is 2.15. The van der Waals surface area contributed by atoms with Gasteiger partial charge in [-0.3, -0.25) is 0 Å². The quantitative estimate of drug-likeness (QED) is 0.857. The fraction of sp³-hybridized carbons (Fsp3) is 0.300. The number of aromatic nitrogens is 1. The maximum atomic E-state index is 4.24. The van der Waals surface area contributed by atoms with Gasteiger partial charge in [-0.1, -0.05) is 0 Å². The van der Waals surface area contributed by atoms with E-state index in [-0.39, 0.29) is 0 Å². The Morgan fingerprint density at radius 1 is 1.40 bits per heavy atom. The van der Waals surface area contributed by atoms with Crippen LogP contribution in [-0.2, 0) is 13.0 Å². The molecule has 0 saturated carbocycles. The highest BCUT2D eigenvalue weighted by atomic mass is 79.9. The lowest BCUT2D eigenvalue weighted by atomic mass is 10.3. The minimum absolute atomic E-state index is 0.938. The van der Waals surface area contributed by atoms with E-state index < -0.39 is 0 Å². The number of hydrogen-bond donors (Lipinski definition) is 1. The van der Waals surface area contributed by atoms with Gasteiger partial charge >= 0.3 is 0 Å². The second-order valence-corrected chi connectivity index (χ2v) is 6.38. The van der Waals surface area contributed by atoms with Gasteiger partial charge < -0.3 is 5.32 Å². The number of rotatable bonds is 5. The van der Waals surface area contributed by atoms with E-state index in [1.807, 2.05) is 11.6 Å². The third kappa shape index (κ3) is 3.68. The average molecular weight is 303 g/mol. The first-order valence-electron chi connectivity index (χ1n) is 4.66. The molecule has 2 nitrogen and oxygen atoms in total. The highest BCUT2D eigenvalue weighted by Gasteiger charge is 1.98. The summed E-state index contributed by atoms with van der Waals surface area (Å²) in [4.78, 5) is 4.24. The molecule has 2 aromatic heterocycles. The number of halogens is 1. The van der Waals surface area contributed by atoms with Crippen LogP contribution in [0.15, 0.2) is 26.8 Å². The zero-order valence-electron chi connectivity index (χ0n) is 8.07. The van der Waals surface area contributed by atoms with Crippen molar-refractivity contribution in [2.24, 2.45) is 0 Å². The number of thiazole rings is 1. The summed E-state index contributed by atoms with van der Waals surface area (Å²) in [5, 5.41) is 8.79. The molecule has 2 heterocycles.